The first-order valence-electron chi connectivity index (χ1n) is 11.6. The smallest absolute Gasteiger partial charge is 0.223 e. The highest BCUT2D eigenvalue weighted by Gasteiger charge is 2.24. The van der Waals surface area contributed by atoms with E-state index in [-0.39, 0.29) is 11.8 Å². The normalized spacial score (nSPS) is 12.8. The number of amides is 1. The molecule has 5 rings (SSSR count). The molecule has 174 valence electrons. The van der Waals surface area contributed by atoms with Crippen LogP contribution in [0.3, 0.4) is 0 Å². The molecule has 0 atom stereocenters. The second kappa shape index (κ2) is 10.2. The molecule has 1 aliphatic rings. The molecule has 0 unspecified atom stereocenters. The summed E-state index contributed by atoms with van der Waals surface area (Å²) in [6.45, 7) is 2.34. The molecule has 0 aliphatic heterocycles. The second-order valence-corrected chi connectivity index (χ2v) is 8.50. The van der Waals surface area contributed by atoms with Crippen molar-refractivity contribution in [1.82, 2.24) is 20.3 Å². The number of benzene rings is 2. The van der Waals surface area contributed by atoms with Gasteiger partial charge in [-0.05, 0) is 73.9 Å². The molecule has 2 aromatic heterocycles. The standard InChI is InChI=1S/C28H25N5O2/c1-19-15-22(10-12-26(19)35-23-8-4-13-29-17-23)33-27-24-16-20(9-11-25(24)31-18-32-27)5-3-14-30-28(34)21-6-2-7-21/h4,8-13,15-18,21H,2,6-7,14H2,1H3,(H,30,34)(H,31,32,33). The van der Waals surface area contributed by atoms with Crippen LogP contribution in [0.15, 0.2) is 67.3 Å². The molecule has 1 aliphatic carbocycles. The van der Waals surface area contributed by atoms with E-state index in [4.69, 9.17) is 4.74 Å². The van der Waals surface area contributed by atoms with E-state index in [0.717, 1.165) is 52.7 Å². The van der Waals surface area contributed by atoms with Crippen LogP contribution in [0.2, 0.25) is 0 Å². The molecule has 4 aromatic rings. The molecule has 1 fully saturated rings. The van der Waals surface area contributed by atoms with Crippen LogP contribution in [0.5, 0.6) is 11.5 Å². The van der Waals surface area contributed by atoms with Crippen LogP contribution in [0, 0.1) is 24.7 Å². The Morgan fingerprint density at radius 2 is 2.06 bits per heavy atom. The number of aryl methyl sites for hydroxylation is 1. The molecule has 0 bridgehead atoms. The van der Waals surface area contributed by atoms with E-state index in [1.807, 2.05) is 55.5 Å². The van der Waals surface area contributed by atoms with Crippen molar-refractivity contribution in [3.05, 3.63) is 78.4 Å². The molecule has 0 radical (unpaired) electrons. The Balaban J connectivity index is 1.30. The van der Waals surface area contributed by atoms with E-state index in [9.17, 15) is 4.79 Å². The number of rotatable bonds is 6. The summed E-state index contributed by atoms with van der Waals surface area (Å²) in [5.41, 5.74) is 3.52. The minimum absolute atomic E-state index is 0.107. The van der Waals surface area contributed by atoms with Gasteiger partial charge in [0.1, 0.15) is 23.6 Å². The van der Waals surface area contributed by atoms with E-state index in [0.29, 0.717) is 18.1 Å². The van der Waals surface area contributed by atoms with Gasteiger partial charge in [0.2, 0.25) is 5.91 Å². The summed E-state index contributed by atoms with van der Waals surface area (Å²) in [5, 5.41) is 7.15. The average molecular weight is 464 g/mol. The Labute approximate surface area is 204 Å². The number of hydrogen-bond acceptors (Lipinski definition) is 6. The lowest BCUT2D eigenvalue weighted by atomic mass is 9.85. The van der Waals surface area contributed by atoms with Crippen LogP contribution >= 0.6 is 0 Å². The van der Waals surface area contributed by atoms with Crippen molar-refractivity contribution in [2.24, 2.45) is 5.92 Å². The zero-order chi connectivity index (χ0) is 24.0. The lowest BCUT2D eigenvalue weighted by Crippen LogP contribution is -2.34. The van der Waals surface area contributed by atoms with Crippen molar-refractivity contribution in [1.29, 1.82) is 0 Å². The fourth-order valence-electron chi connectivity index (χ4n) is 3.84. The molecule has 1 saturated carbocycles. The van der Waals surface area contributed by atoms with E-state index in [2.05, 4.69) is 37.4 Å². The SMILES string of the molecule is Cc1cc(Nc2ncnc3ccc(C#CCNC(=O)C4CCC4)cc23)ccc1Oc1cccnc1. The third-order valence-corrected chi connectivity index (χ3v) is 5.99. The van der Waals surface area contributed by atoms with Gasteiger partial charge in [-0.2, -0.15) is 0 Å². The number of nitrogens with one attached hydrogen (secondary N) is 2. The third kappa shape index (κ3) is 5.39. The summed E-state index contributed by atoms with van der Waals surface area (Å²) in [5.74, 6) is 8.59. The molecule has 2 aromatic carbocycles. The van der Waals surface area contributed by atoms with E-state index < -0.39 is 0 Å². The summed E-state index contributed by atoms with van der Waals surface area (Å²) < 4.78 is 5.93. The third-order valence-electron chi connectivity index (χ3n) is 5.99. The molecule has 7 heteroatoms. The predicted molar refractivity (Wildman–Crippen MR) is 136 cm³/mol. The molecule has 0 saturated heterocycles. The van der Waals surface area contributed by atoms with Crippen molar-refractivity contribution in [3.63, 3.8) is 0 Å². The first kappa shape index (κ1) is 22.4. The Kier molecular flexibility index (Phi) is 6.53. The Morgan fingerprint density at radius 3 is 2.83 bits per heavy atom. The van der Waals surface area contributed by atoms with Crippen molar-refractivity contribution in [2.75, 3.05) is 11.9 Å². The van der Waals surface area contributed by atoms with Gasteiger partial charge in [-0.1, -0.05) is 18.3 Å². The van der Waals surface area contributed by atoms with Crippen LogP contribution in [0.1, 0.15) is 30.4 Å². The lowest BCUT2D eigenvalue weighted by molar-refractivity contribution is -0.127. The highest BCUT2D eigenvalue weighted by atomic mass is 16.5. The molecular formula is C28H25N5O2. The fourth-order valence-corrected chi connectivity index (χ4v) is 3.84. The van der Waals surface area contributed by atoms with Gasteiger partial charge in [0.25, 0.3) is 0 Å². The van der Waals surface area contributed by atoms with Gasteiger partial charge >= 0.3 is 0 Å². The fraction of sp³-hybridized carbons (Fsp3) is 0.214. The monoisotopic (exact) mass is 463 g/mol. The molecule has 35 heavy (non-hydrogen) atoms. The summed E-state index contributed by atoms with van der Waals surface area (Å²) in [6.07, 6.45) is 8.05. The van der Waals surface area contributed by atoms with Crippen LogP contribution in [-0.2, 0) is 4.79 Å². The molecule has 0 spiro atoms. The summed E-state index contributed by atoms with van der Waals surface area (Å²) in [7, 11) is 0. The number of anilines is 2. The van der Waals surface area contributed by atoms with E-state index in [1.165, 1.54) is 0 Å². The van der Waals surface area contributed by atoms with Gasteiger partial charge in [-0.3, -0.25) is 9.78 Å². The number of aromatic nitrogens is 3. The van der Waals surface area contributed by atoms with Crippen molar-refractivity contribution in [2.45, 2.75) is 26.2 Å². The largest absolute Gasteiger partial charge is 0.455 e. The Bertz CT molecular complexity index is 1420. The molecule has 7 nitrogen and oxygen atoms in total. The second-order valence-electron chi connectivity index (χ2n) is 8.50. The number of ether oxygens (including phenoxy) is 1. The highest BCUT2D eigenvalue weighted by molar-refractivity contribution is 5.91. The summed E-state index contributed by atoms with van der Waals surface area (Å²) in [6, 6.07) is 15.4. The lowest BCUT2D eigenvalue weighted by Gasteiger charge is -2.23. The van der Waals surface area contributed by atoms with Crippen molar-refractivity contribution >= 4 is 28.3 Å². The number of fused-ring (bicyclic) bond motifs is 1. The number of carbonyl (C=O) groups excluding carboxylic acids is 1. The Morgan fingerprint density at radius 1 is 1.14 bits per heavy atom. The van der Waals surface area contributed by atoms with Crippen molar-refractivity contribution in [3.8, 4) is 23.3 Å². The maximum atomic E-state index is 12.0. The van der Waals surface area contributed by atoms with Gasteiger partial charge in [0, 0.05) is 28.8 Å². The maximum absolute atomic E-state index is 12.0. The van der Waals surface area contributed by atoms with Crippen LogP contribution in [0.4, 0.5) is 11.5 Å². The zero-order valence-corrected chi connectivity index (χ0v) is 19.4. The van der Waals surface area contributed by atoms with Gasteiger partial charge in [0.15, 0.2) is 0 Å². The van der Waals surface area contributed by atoms with Crippen LogP contribution in [-0.4, -0.2) is 27.4 Å². The molecule has 1 amide bonds. The summed E-state index contributed by atoms with van der Waals surface area (Å²) in [4.78, 5) is 24.9. The highest BCUT2D eigenvalue weighted by Crippen LogP contribution is 2.30. The predicted octanol–water partition coefficient (Wildman–Crippen LogP) is 5.14. The first-order chi connectivity index (χ1) is 17.2. The topological polar surface area (TPSA) is 89.0 Å². The average Bonchev–Trinajstić information content (AvgIpc) is 2.83. The number of pyridine rings is 1. The molecule has 2 N–H and O–H groups in total. The van der Waals surface area contributed by atoms with Crippen LogP contribution in [0.25, 0.3) is 10.9 Å². The van der Waals surface area contributed by atoms with E-state index in [1.54, 1.807) is 18.7 Å². The molecule has 2 heterocycles. The summed E-state index contributed by atoms with van der Waals surface area (Å²) >= 11 is 0. The van der Waals surface area contributed by atoms with Gasteiger partial charge < -0.3 is 15.4 Å². The number of carbonyl (C=O) groups is 1. The quantitative estimate of drug-likeness (QED) is 0.385. The minimum atomic E-state index is 0.107. The van der Waals surface area contributed by atoms with E-state index >= 15 is 0 Å². The van der Waals surface area contributed by atoms with Gasteiger partial charge in [-0.25, -0.2) is 9.97 Å². The maximum Gasteiger partial charge on any atom is 0.223 e. The van der Waals surface area contributed by atoms with Crippen molar-refractivity contribution < 1.29 is 9.53 Å². The zero-order valence-electron chi connectivity index (χ0n) is 19.4. The van der Waals surface area contributed by atoms with Gasteiger partial charge in [-0.15, -0.1) is 0 Å². The van der Waals surface area contributed by atoms with Crippen LogP contribution < -0.4 is 15.4 Å². The molecular weight excluding hydrogens is 438 g/mol. The number of nitrogens with zero attached hydrogens (tertiary/aromatic N) is 3. The first-order valence-corrected chi connectivity index (χ1v) is 11.6. The van der Waals surface area contributed by atoms with Gasteiger partial charge in [0.05, 0.1) is 18.3 Å². The number of hydrogen-bond donors (Lipinski definition) is 2. The Hall–Kier alpha value is -4.44. The minimum Gasteiger partial charge on any atom is -0.455 e.